The molecule has 1 amide bonds. The molecule has 6 nitrogen and oxygen atoms in total. The lowest BCUT2D eigenvalue weighted by molar-refractivity contribution is 0.0994. The third kappa shape index (κ3) is 1.92. The zero-order chi connectivity index (χ0) is 16.0. The van der Waals surface area contributed by atoms with E-state index in [1.165, 1.54) is 10.6 Å². The Kier molecular flexibility index (Phi) is 2.77. The number of benzene rings is 2. The van der Waals surface area contributed by atoms with Crippen molar-refractivity contribution in [3.8, 4) is 11.3 Å². The molecule has 0 aliphatic carbocycles. The Morgan fingerprint density at radius 2 is 1.83 bits per heavy atom. The van der Waals surface area contributed by atoms with Crippen LogP contribution in [0.25, 0.3) is 27.5 Å². The molecule has 0 saturated heterocycles. The first-order valence-electron chi connectivity index (χ1n) is 7.06. The van der Waals surface area contributed by atoms with Crippen LogP contribution in [0.15, 0.2) is 54.9 Å². The van der Waals surface area contributed by atoms with Crippen molar-refractivity contribution in [3.63, 3.8) is 0 Å². The Balaban J connectivity index is 2.10. The number of nitrogen functional groups attached to an aromatic ring is 1. The molecule has 0 saturated carbocycles. The number of carbonyl (C=O) groups excluding carboxylic acids is 1. The normalized spacial score (nSPS) is 11.1. The Morgan fingerprint density at radius 3 is 2.65 bits per heavy atom. The van der Waals surface area contributed by atoms with Gasteiger partial charge in [-0.2, -0.15) is 0 Å². The largest absolute Gasteiger partial charge is 0.369 e. The van der Waals surface area contributed by atoms with Gasteiger partial charge >= 0.3 is 0 Å². The molecule has 0 bridgehead atoms. The van der Waals surface area contributed by atoms with Crippen LogP contribution >= 0.6 is 0 Å². The topological polar surface area (TPSA) is 99.3 Å². The molecule has 6 heteroatoms. The molecule has 4 aromatic rings. The average molecular weight is 303 g/mol. The van der Waals surface area contributed by atoms with E-state index in [4.69, 9.17) is 11.5 Å². The Hall–Kier alpha value is -3.41. The number of anilines is 1. The molecule has 0 aliphatic rings. The Morgan fingerprint density at radius 1 is 1.04 bits per heavy atom. The fraction of sp³-hybridized carbons (Fsp3) is 0. The summed E-state index contributed by atoms with van der Waals surface area (Å²) in [7, 11) is 0. The van der Waals surface area contributed by atoms with Crippen LogP contribution in [0, 0.1) is 0 Å². The maximum atomic E-state index is 11.6. The molecule has 0 unspecified atom stereocenters. The summed E-state index contributed by atoms with van der Waals surface area (Å²) in [5.41, 5.74) is 13.9. The van der Waals surface area contributed by atoms with Gasteiger partial charge in [0.2, 0.25) is 5.95 Å². The number of primary amides is 1. The third-order valence-electron chi connectivity index (χ3n) is 3.87. The minimum Gasteiger partial charge on any atom is -0.369 e. The fourth-order valence-corrected chi connectivity index (χ4v) is 2.86. The number of nitrogens with two attached hydrogens (primary N) is 2. The molecule has 2 aromatic carbocycles. The van der Waals surface area contributed by atoms with Crippen LogP contribution in [-0.4, -0.2) is 20.3 Å². The van der Waals surface area contributed by atoms with Gasteiger partial charge < -0.3 is 11.5 Å². The van der Waals surface area contributed by atoms with Gasteiger partial charge in [-0.25, -0.2) is 4.98 Å². The molecule has 2 aromatic heterocycles. The van der Waals surface area contributed by atoms with Crippen molar-refractivity contribution in [2.45, 2.75) is 0 Å². The Labute approximate surface area is 131 Å². The number of hydrogen-bond donors (Lipinski definition) is 2. The second-order valence-corrected chi connectivity index (χ2v) is 5.22. The van der Waals surface area contributed by atoms with Gasteiger partial charge in [-0.15, -0.1) is 0 Å². The number of rotatable bonds is 2. The van der Waals surface area contributed by atoms with E-state index in [0.717, 1.165) is 16.3 Å². The first-order chi connectivity index (χ1) is 11.2. The molecule has 0 fully saturated rings. The summed E-state index contributed by atoms with van der Waals surface area (Å²) in [6.07, 6.45) is 3.02. The predicted molar refractivity (Wildman–Crippen MR) is 88.9 cm³/mol. The minimum atomic E-state index is -0.600. The average Bonchev–Trinajstić information content (AvgIpc) is 2.91. The van der Waals surface area contributed by atoms with Gasteiger partial charge in [-0.1, -0.05) is 42.5 Å². The molecule has 0 aliphatic heterocycles. The lowest BCUT2D eigenvalue weighted by Crippen LogP contribution is -2.16. The summed E-state index contributed by atoms with van der Waals surface area (Å²) in [6.45, 7) is 0. The van der Waals surface area contributed by atoms with Gasteiger partial charge in [0.1, 0.15) is 11.4 Å². The smallest absolute Gasteiger partial charge is 0.267 e. The number of amides is 1. The molecule has 112 valence electrons. The minimum absolute atomic E-state index is 0.207. The number of carbonyl (C=O) groups is 1. The van der Waals surface area contributed by atoms with E-state index in [1.54, 1.807) is 6.20 Å². The highest BCUT2D eigenvalue weighted by atomic mass is 16.1. The number of aromatic nitrogens is 3. The number of nitrogens with zero attached hydrogens (tertiary/aromatic N) is 3. The summed E-state index contributed by atoms with van der Waals surface area (Å²) in [5, 5.41) is 2.16. The number of imidazole rings is 1. The van der Waals surface area contributed by atoms with Gasteiger partial charge in [0.25, 0.3) is 5.91 Å². The van der Waals surface area contributed by atoms with Crippen LogP contribution in [-0.2, 0) is 0 Å². The molecule has 4 rings (SSSR count). The van der Waals surface area contributed by atoms with Gasteiger partial charge in [0.15, 0.2) is 0 Å². The first kappa shape index (κ1) is 13.3. The molecule has 0 spiro atoms. The summed E-state index contributed by atoms with van der Waals surface area (Å²) in [6, 6.07) is 14.0. The van der Waals surface area contributed by atoms with Crippen molar-refractivity contribution < 1.29 is 4.79 Å². The summed E-state index contributed by atoms with van der Waals surface area (Å²) < 4.78 is 1.53. The summed E-state index contributed by atoms with van der Waals surface area (Å²) >= 11 is 0. The van der Waals surface area contributed by atoms with Crippen molar-refractivity contribution in [3.05, 3.63) is 60.6 Å². The molecule has 4 N–H and O–H groups in total. The SMILES string of the molecule is NC(=O)c1cncc2c(-c3cccc4ccccc34)nc(N)n12. The monoisotopic (exact) mass is 303 g/mol. The van der Waals surface area contributed by atoms with E-state index < -0.39 is 5.91 Å². The second kappa shape index (κ2) is 4.81. The van der Waals surface area contributed by atoms with E-state index in [9.17, 15) is 4.79 Å². The molecule has 0 radical (unpaired) electrons. The van der Waals surface area contributed by atoms with Crippen LogP contribution in [0.4, 0.5) is 5.95 Å². The maximum absolute atomic E-state index is 11.6. The van der Waals surface area contributed by atoms with E-state index in [-0.39, 0.29) is 11.6 Å². The van der Waals surface area contributed by atoms with Crippen LogP contribution in [0.1, 0.15) is 10.5 Å². The standard InChI is InChI=1S/C17H13N5O/c18-16(23)14-9-20-8-13-15(21-17(19)22(13)14)12-7-3-5-10-4-1-2-6-11(10)12/h1-9H,(H2,18,23)(H2,19,21). The quantitative estimate of drug-likeness (QED) is 0.593. The van der Waals surface area contributed by atoms with Crippen LogP contribution < -0.4 is 11.5 Å². The predicted octanol–water partition coefficient (Wildman–Crippen LogP) is 2.23. The van der Waals surface area contributed by atoms with Gasteiger partial charge in [0, 0.05) is 5.56 Å². The third-order valence-corrected chi connectivity index (χ3v) is 3.87. The summed E-state index contributed by atoms with van der Waals surface area (Å²) in [5.74, 6) is -0.393. The van der Waals surface area contributed by atoms with E-state index in [1.807, 2.05) is 42.5 Å². The van der Waals surface area contributed by atoms with Crippen molar-refractivity contribution in [2.75, 3.05) is 5.73 Å². The van der Waals surface area contributed by atoms with Crippen molar-refractivity contribution >= 4 is 28.1 Å². The van der Waals surface area contributed by atoms with Crippen LogP contribution in [0.3, 0.4) is 0 Å². The van der Waals surface area contributed by atoms with E-state index >= 15 is 0 Å². The molecular weight excluding hydrogens is 290 g/mol. The lowest BCUT2D eigenvalue weighted by Gasteiger charge is -2.05. The van der Waals surface area contributed by atoms with Crippen molar-refractivity contribution in [2.24, 2.45) is 5.73 Å². The van der Waals surface area contributed by atoms with Gasteiger partial charge in [-0.3, -0.25) is 14.2 Å². The molecule has 23 heavy (non-hydrogen) atoms. The molecule has 0 atom stereocenters. The van der Waals surface area contributed by atoms with Gasteiger partial charge in [-0.05, 0) is 10.8 Å². The van der Waals surface area contributed by atoms with Crippen molar-refractivity contribution in [1.29, 1.82) is 0 Å². The first-order valence-corrected chi connectivity index (χ1v) is 7.06. The van der Waals surface area contributed by atoms with E-state index in [2.05, 4.69) is 9.97 Å². The lowest BCUT2D eigenvalue weighted by atomic mass is 10.0. The highest BCUT2D eigenvalue weighted by Crippen LogP contribution is 2.32. The van der Waals surface area contributed by atoms with E-state index in [0.29, 0.717) is 11.2 Å². The number of fused-ring (bicyclic) bond motifs is 2. The number of hydrogen-bond acceptors (Lipinski definition) is 4. The maximum Gasteiger partial charge on any atom is 0.267 e. The second-order valence-electron chi connectivity index (χ2n) is 5.22. The highest BCUT2D eigenvalue weighted by Gasteiger charge is 2.17. The fourth-order valence-electron chi connectivity index (χ4n) is 2.86. The van der Waals surface area contributed by atoms with Crippen LogP contribution in [0.5, 0.6) is 0 Å². The zero-order valence-electron chi connectivity index (χ0n) is 12.1. The van der Waals surface area contributed by atoms with Gasteiger partial charge in [0.05, 0.1) is 17.9 Å². The highest BCUT2D eigenvalue weighted by molar-refractivity contribution is 6.00. The van der Waals surface area contributed by atoms with Crippen LogP contribution in [0.2, 0.25) is 0 Å². The molecule has 2 heterocycles. The molecular formula is C17H13N5O. The summed E-state index contributed by atoms with van der Waals surface area (Å²) in [4.78, 5) is 20.1. The van der Waals surface area contributed by atoms with Crippen molar-refractivity contribution in [1.82, 2.24) is 14.4 Å². The Bertz CT molecular complexity index is 1060. The zero-order valence-corrected chi connectivity index (χ0v) is 12.1.